The number of thioether (sulfide) groups is 1. The number of hydrogen-bond acceptors (Lipinski definition) is 4. The van der Waals surface area contributed by atoms with E-state index in [0.29, 0.717) is 12.2 Å². The molecule has 0 radical (unpaired) electrons. The number of carbonyl (C=O) groups excluding carboxylic acids is 1. The molecule has 0 atom stereocenters. The van der Waals surface area contributed by atoms with Gasteiger partial charge in [-0.1, -0.05) is 38.1 Å². The zero-order valence-electron chi connectivity index (χ0n) is 12.8. The number of rotatable bonds is 4. The molecular formula is C16H20N2O2S. The molecule has 0 unspecified atom stereocenters. The molecule has 5 heteroatoms. The van der Waals surface area contributed by atoms with Crippen LogP contribution in [0.25, 0.3) is 0 Å². The van der Waals surface area contributed by atoms with Crippen LogP contribution in [0.3, 0.4) is 0 Å². The molecule has 0 bridgehead atoms. The van der Waals surface area contributed by atoms with Gasteiger partial charge in [0.25, 0.3) is 0 Å². The van der Waals surface area contributed by atoms with E-state index in [1.165, 1.54) is 4.90 Å². The van der Waals surface area contributed by atoms with Crippen molar-refractivity contribution in [1.29, 1.82) is 0 Å². The van der Waals surface area contributed by atoms with Gasteiger partial charge >= 0.3 is 0 Å². The summed E-state index contributed by atoms with van der Waals surface area (Å²) in [6.45, 7) is 6.10. The number of amides is 1. The number of anilines is 1. The summed E-state index contributed by atoms with van der Waals surface area (Å²) in [6.07, 6.45) is 2.35. The molecule has 1 amide bonds. The maximum absolute atomic E-state index is 12.0. The van der Waals surface area contributed by atoms with Crippen LogP contribution < -0.4 is 5.32 Å². The Balaban J connectivity index is 1.96. The predicted molar refractivity (Wildman–Crippen MR) is 85.8 cm³/mol. The molecule has 0 aliphatic heterocycles. The molecule has 0 saturated heterocycles. The second-order valence-electron chi connectivity index (χ2n) is 5.90. The molecule has 0 aliphatic rings. The lowest BCUT2D eigenvalue weighted by molar-refractivity contribution is -0.115. The molecule has 2 rings (SSSR count). The first-order valence-corrected chi connectivity index (χ1v) is 8.01. The molecule has 1 heterocycles. The molecular weight excluding hydrogens is 284 g/mol. The fourth-order valence-corrected chi connectivity index (χ4v) is 2.21. The first kappa shape index (κ1) is 15.6. The molecule has 0 aliphatic carbocycles. The fourth-order valence-electron chi connectivity index (χ4n) is 1.80. The van der Waals surface area contributed by atoms with Gasteiger partial charge in [-0.25, -0.2) is 0 Å². The van der Waals surface area contributed by atoms with Crippen LogP contribution in [0.2, 0.25) is 0 Å². The van der Waals surface area contributed by atoms with E-state index in [-0.39, 0.29) is 11.3 Å². The maximum Gasteiger partial charge on any atom is 0.230 e. The number of carbonyl (C=O) groups is 1. The third-order valence-electron chi connectivity index (χ3n) is 3.04. The summed E-state index contributed by atoms with van der Waals surface area (Å²) in [5, 5.41) is 6.64. The molecule has 0 spiro atoms. The summed E-state index contributed by atoms with van der Waals surface area (Å²) >= 11 is 1.68. The molecule has 1 aromatic heterocycles. The van der Waals surface area contributed by atoms with Gasteiger partial charge in [-0.15, -0.1) is 11.8 Å². The Morgan fingerprint density at radius 2 is 1.95 bits per heavy atom. The van der Waals surface area contributed by atoms with Crippen molar-refractivity contribution in [3.05, 3.63) is 41.7 Å². The van der Waals surface area contributed by atoms with E-state index in [1.807, 2.05) is 51.3 Å². The second kappa shape index (κ2) is 6.35. The van der Waals surface area contributed by atoms with Crippen LogP contribution in [0.1, 0.15) is 32.1 Å². The number of nitrogens with one attached hydrogen (secondary N) is 1. The van der Waals surface area contributed by atoms with Crippen molar-refractivity contribution in [2.45, 2.75) is 37.5 Å². The summed E-state index contributed by atoms with van der Waals surface area (Å²) in [5.74, 6) is 1.12. The Hall–Kier alpha value is -1.75. The van der Waals surface area contributed by atoms with Crippen LogP contribution in [0.5, 0.6) is 0 Å². The monoisotopic (exact) mass is 304 g/mol. The topological polar surface area (TPSA) is 55.1 Å². The first-order chi connectivity index (χ1) is 9.88. The smallest absolute Gasteiger partial charge is 0.230 e. The van der Waals surface area contributed by atoms with Gasteiger partial charge in [0.05, 0.1) is 6.42 Å². The third-order valence-corrected chi connectivity index (χ3v) is 3.78. The van der Waals surface area contributed by atoms with Crippen molar-refractivity contribution in [2.24, 2.45) is 0 Å². The predicted octanol–water partition coefficient (Wildman–Crippen LogP) is 3.88. The van der Waals surface area contributed by atoms with Gasteiger partial charge in [-0.3, -0.25) is 4.79 Å². The van der Waals surface area contributed by atoms with Crippen LogP contribution in [-0.2, 0) is 16.6 Å². The van der Waals surface area contributed by atoms with Gasteiger partial charge in [0.1, 0.15) is 5.76 Å². The summed E-state index contributed by atoms with van der Waals surface area (Å²) in [6, 6.07) is 9.74. The lowest BCUT2D eigenvalue weighted by Gasteiger charge is -2.12. The highest BCUT2D eigenvalue weighted by atomic mass is 32.2. The lowest BCUT2D eigenvalue weighted by atomic mass is 9.93. The third kappa shape index (κ3) is 4.36. The average molecular weight is 304 g/mol. The van der Waals surface area contributed by atoms with Crippen LogP contribution in [0, 0.1) is 0 Å². The molecule has 1 N–H and O–H groups in total. The minimum absolute atomic E-state index is 0.0966. The Kier molecular flexibility index (Phi) is 4.73. The fraction of sp³-hybridized carbons (Fsp3) is 0.375. The Labute approximate surface area is 129 Å². The minimum atomic E-state index is -0.121. The molecule has 0 saturated carbocycles. The SMILES string of the molecule is CSc1ccc(CC(=O)Nc2cc(C(C)(C)C)on2)cc1. The molecule has 21 heavy (non-hydrogen) atoms. The zero-order chi connectivity index (χ0) is 15.5. The standard InChI is InChI=1S/C16H20N2O2S/c1-16(2,3)13-10-14(18-20-13)17-15(19)9-11-5-7-12(21-4)8-6-11/h5-8,10H,9H2,1-4H3,(H,17,18,19). The highest BCUT2D eigenvalue weighted by molar-refractivity contribution is 7.98. The van der Waals surface area contributed by atoms with E-state index in [1.54, 1.807) is 17.8 Å². The van der Waals surface area contributed by atoms with Gasteiger partial charge in [-0.05, 0) is 24.0 Å². The van der Waals surface area contributed by atoms with Crippen LogP contribution >= 0.6 is 11.8 Å². The van der Waals surface area contributed by atoms with Gasteiger partial charge in [0, 0.05) is 16.4 Å². The van der Waals surface area contributed by atoms with Crippen molar-refractivity contribution in [1.82, 2.24) is 5.16 Å². The highest BCUT2D eigenvalue weighted by Crippen LogP contribution is 2.24. The Morgan fingerprint density at radius 3 is 2.48 bits per heavy atom. The number of benzene rings is 1. The van der Waals surface area contributed by atoms with E-state index < -0.39 is 0 Å². The zero-order valence-corrected chi connectivity index (χ0v) is 13.6. The highest BCUT2D eigenvalue weighted by Gasteiger charge is 2.20. The van der Waals surface area contributed by atoms with E-state index in [9.17, 15) is 4.79 Å². The summed E-state index contributed by atoms with van der Waals surface area (Å²) in [5.41, 5.74) is 0.855. The quantitative estimate of drug-likeness (QED) is 0.871. The summed E-state index contributed by atoms with van der Waals surface area (Å²) < 4.78 is 5.24. The average Bonchev–Trinajstić information content (AvgIpc) is 2.88. The van der Waals surface area contributed by atoms with Crippen LogP contribution in [-0.4, -0.2) is 17.3 Å². The number of hydrogen-bond donors (Lipinski definition) is 1. The van der Waals surface area contributed by atoms with E-state index in [4.69, 9.17) is 4.52 Å². The molecule has 4 nitrogen and oxygen atoms in total. The van der Waals surface area contributed by atoms with Crippen molar-refractivity contribution in [3.63, 3.8) is 0 Å². The van der Waals surface area contributed by atoms with E-state index >= 15 is 0 Å². The van der Waals surface area contributed by atoms with E-state index in [2.05, 4.69) is 10.5 Å². The lowest BCUT2D eigenvalue weighted by Crippen LogP contribution is -2.14. The number of nitrogens with zero attached hydrogens (tertiary/aromatic N) is 1. The van der Waals surface area contributed by atoms with Crippen molar-refractivity contribution >= 4 is 23.5 Å². The normalized spacial score (nSPS) is 11.4. The van der Waals surface area contributed by atoms with Crippen molar-refractivity contribution < 1.29 is 9.32 Å². The maximum atomic E-state index is 12.0. The van der Waals surface area contributed by atoms with Gasteiger partial charge < -0.3 is 9.84 Å². The summed E-state index contributed by atoms with van der Waals surface area (Å²) in [7, 11) is 0. The van der Waals surface area contributed by atoms with E-state index in [0.717, 1.165) is 11.3 Å². The summed E-state index contributed by atoms with van der Waals surface area (Å²) in [4.78, 5) is 13.2. The van der Waals surface area contributed by atoms with Crippen LogP contribution in [0.15, 0.2) is 39.8 Å². The molecule has 2 aromatic rings. The van der Waals surface area contributed by atoms with Gasteiger partial charge in [0.15, 0.2) is 5.82 Å². The Bertz CT molecular complexity index is 612. The first-order valence-electron chi connectivity index (χ1n) is 6.78. The van der Waals surface area contributed by atoms with Crippen LogP contribution in [0.4, 0.5) is 5.82 Å². The van der Waals surface area contributed by atoms with Crippen molar-refractivity contribution in [3.8, 4) is 0 Å². The Morgan fingerprint density at radius 1 is 1.29 bits per heavy atom. The van der Waals surface area contributed by atoms with Gasteiger partial charge in [0.2, 0.25) is 5.91 Å². The van der Waals surface area contributed by atoms with Gasteiger partial charge in [-0.2, -0.15) is 0 Å². The molecule has 0 fully saturated rings. The number of aromatic nitrogens is 1. The molecule has 1 aromatic carbocycles. The van der Waals surface area contributed by atoms with Crippen molar-refractivity contribution in [2.75, 3.05) is 11.6 Å². The largest absolute Gasteiger partial charge is 0.359 e. The second-order valence-corrected chi connectivity index (χ2v) is 6.78. The minimum Gasteiger partial charge on any atom is -0.359 e. The molecule has 112 valence electrons.